The molecule has 4 rings (SSSR count). The van der Waals surface area contributed by atoms with E-state index in [-0.39, 0.29) is 0 Å². The Morgan fingerprint density at radius 3 is 2.52 bits per heavy atom. The van der Waals surface area contributed by atoms with Crippen LogP contribution in [0.1, 0.15) is 5.69 Å². The van der Waals surface area contributed by atoms with Crippen molar-refractivity contribution in [1.29, 1.82) is 0 Å². The van der Waals surface area contributed by atoms with Gasteiger partial charge in [-0.25, -0.2) is 9.97 Å². The van der Waals surface area contributed by atoms with Gasteiger partial charge in [0.05, 0.1) is 29.1 Å². The molecule has 0 saturated heterocycles. The summed E-state index contributed by atoms with van der Waals surface area (Å²) in [5.74, 6) is 0.651. The molecule has 0 spiro atoms. The molecule has 5 nitrogen and oxygen atoms in total. The second-order valence-corrected chi connectivity index (χ2v) is 5.81. The van der Waals surface area contributed by atoms with E-state index >= 15 is 0 Å². The molecule has 0 radical (unpaired) electrons. The molecular weight excluding hydrogens is 310 g/mol. The maximum absolute atomic E-state index is 4.71. The molecule has 0 saturated carbocycles. The smallest absolute Gasteiger partial charge is 0.226 e. The Kier molecular flexibility index (Phi) is 4.04. The van der Waals surface area contributed by atoms with Crippen molar-refractivity contribution in [3.05, 3.63) is 78.8 Å². The minimum Gasteiger partial charge on any atom is -0.338 e. The Morgan fingerprint density at radius 2 is 1.64 bits per heavy atom. The molecule has 0 bridgehead atoms. The third-order valence-corrected chi connectivity index (χ3v) is 3.97. The van der Waals surface area contributed by atoms with Crippen LogP contribution in [0.5, 0.6) is 0 Å². The average Bonchev–Trinajstić information content (AvgIpc) is 2.69. The summed E-state index contributed by atoms with van der Waals surface area (Å²) in [6, 6.07) is 19.9. The highest BCUT2D eigenvalue weighted by molar-refractivity contribution is 5.78. The maximum atomic E-state index is 4.71. The number of benzene rings is 1. The second kappa shape index (κ2) is 6.65. The van der Waals surface area contributed by atoms with Gasteiger partial charge in [-0.05, 0) is 30.3 Å². The van der Waals surface area contributed by atoms with Crippen LogP contribution < -0.4 is 4.90 Å². The maximum Gasteiger partial charge on any atom is 0.226 e. The Labute approximate surface area is 146 Å². The molecule has 25 heavy (non-hydrogen) atoms. The minimum atomic E-state index is 0.635. The SMILES string of the molecule is CN(Cc1ccc2ccccc2n1)c1nccc(-c2ccccn2)n1. The molecule has 4 aromatic rings. The summed E-state index contributed by atoms with van der Waals surface area (Å²) in [5, 5.41) is 1.14. The van der Waals surface area contributed by atoms with Crippen LogP contribution in [-0.4, -0.2) is 27.0 Å². The monoisotopic (exact) mass is 327 g/mol. The van der Waals surface area contributed by atoms with Gasteiger partial charge < -0.3 is 4.90 Å². The van der Waals surface area contributed by atoms with Crippen molar-refractivity contribution in [3.8, 4) is 11.4 Å². The number of pyridine rings is 2. The highest BCUT2D eigenvalue weighted by Gasteiger charge is 2.09. The second-order valence-electron chi connectivity index (χ2n) is 5.81. The number of anilines is 1. The predicted molar refractivity (Wildman–Crippen MR) is 99.1 cm³/mol. The predicted octanol–water partition coefficient (Wildman–Crippen LogP) is 3.72. The zero-order valence-corrected chi connectivity index (χ0v) is 13.9. The summed E-state index contributed by atoms with van der Waals surface area (Å²) in [6.45, 7) is 0.635. The van der Waals surface area contributed by atoms with Gasteiger partial charge in [-0.3, -0.25) is 9.97 Å². The highest BCUT2D eigenvalue weighted by Crippen LogP contribution is 2.18. The van der Waals surface area contributed by atoms with Crippen LogP contribution in [0, 0.1) is 0 Å². The number of fused-ring (bicyclic) bond motifs is 1. The van der Waals surface area contributed by atoms with E-state index in [1.165, 1.54) is 0 Å². The molecule has 3 heterocycles. The molecule has 122 valence electrons. The number of para-hydroxylation sites is 1. The summed E-state index contributed by atoms with van der Waals surface area (Å²) in [5.41, 5.74) is 3.62. The largest absolute Gasteiger partial charge is 0.338 e. The van der Waals surface area contributed by atoms with Crippen LogP contribution in [0.3, 0.4) is 0 Å². The summed E-state index contributed by atoms with van der Waals surface area (Å²) in [4.78, 5) is 20.1. The number of nitrogens with zero attached hydrogens (tertiary/aromatic N) is 5. The van der Waals surface area contributed by atoms with Gasteiger partial charge in [0.2, 0.25) is 5.95 Å². The average molecular weight is 327 g/mol. The van der Waals surface area contributed by atoms with Crippen molar-refractivity contribution in [1.82, 2.24) is 19.9 Å². The number of hydrogen-bond donors (Lipinski definition) is 0. The standard InChI is InChI=1S/C20H17N5/c1-25(14-16-10-9-15-6-2-3-7-17(15)23-16)20-22-13-11-19(24-20)18-8-4-5-12-21-18/h2-13H,14H2,1H3. The van der Waals surface area contributed by atoms with Crippen LogP contribution in [-0.2, 0) is 6.54 Å². The fraction of sp³-hybridized carbons (Fsp3) is 0.100. The van der Waals surface area contributed by atoms with E-state index in [1.807, 2.05) is 60.5 Å². The van der Waals surface area contributed by atoms with Crippen molar-refractivity contribution in [2.75, 3.05) is 11.9 Å². The van der Waals surface area contributed by atoms with Gasteiger partial charge >= 0.3 is 0 Å². The lowest BCUT2D eigenvalue weighted by Crippen LogP contribution is -2.20. The Hall–Kier alpha value is -3.34. The third kappa shape index (κ3) is 3.30. The molecular formula is C20H17N5. The van der Waals surface area contributed by atoms with Gasteiger partial charge in [0.25, 0.3) is 0 Å². The Bertz CT molecular complexity index is 1000. The van der Waals surface area contributed by atoms with Crippen LogP contribution in [0.25, 0.3) is 22.3 Å². The lowest BCUT2D eigenvalue weighted by molar-refractivity contribution is 0.846. The van der Waals surface area contributed by atoms with E-state index in [1.54, 1.807) is 12.4 Å². The first kappa shape index (κ1) is 15.2. The fourth-order valence-corrected chi connectivity index (χ4v) is 2.70. The van der Waals surface area contributed by atoms with Gasteiger partial charge in [-0.2, -0.15) is 0 Å². The molecule has 0 aliphatic heterocycles. The molecule has 3 aromatic heterocycles. The van der Waals surface area contributed by atoms with Gasteiger partial charge in [0.1, 0.15) is 0 Å². The molecule has 0 atom stereocenters. The van der Waals surface area contributed by atoms with Crippen LogP contribution in [0.4, 0.5) is 5.95 Å². The van der Waals surface area contributed by atoms with Gasteiger partial charge in [-0.15, -0.1) is 0 Å². The number of aromatic nitrogens is 4. The fourth-order valence-electron chi connectivity index (χ4n) is 2.70. The summed E-state index contributed by atoms with van der Waals surface area (Å²) in [7, 11) is 1.97. The topological polar surface area (TPSA) is 54.8 Å². The molecule has 0 N–H and O–H groups in total. The van der Waals surface area contributed by atoms with Crippen LogP contribution in [0.2, 0.25) is 0 Å². The first-order chi connectivity index (χ1) is 12.3. The highest BCUT2D eigenvalue weighted by atomic mass is 15.2. The molecule has 0 unspecified atom stereocenters. The van der Waals surface area contributed by atoms with E-state index in [9.17, 15) is 0 Å². The van der Waals surface area contributed by atoms with E-state index in [0.717, 1.165) is 28.0 Å². The summed E-state index contributed by atoms with van der Waals surface area (Å²) in [6.07, 6.45) is 3.52. The van der Waals surface area contributed by atoms with E-state index in [4.69, 9.17) is 4.98 Å². The van der Waals surface area contributed by atoms with Crippen molar-refractivity contribution >= 4 is 16.9 Å². The zero-order chi connectivity index (χ0) is 17.1. The zero-order valence-electron chi connectivity index (χ0n) is 13.9. The summed E-state index contributed by atoms with van der Waals surface area (Å²) < 4.78 is 0. The quantitative estimate of drug-likeness (QED) is 0.572. The molecule has 5 heteroatoms. The molecule has 0 fully saturated rings. The Morgan fingerprint density at radius 1 is 0.760 bits per heavy atom. The lowest BCUT2D eigenvalue weighted by Gasteiger charge is -2.17. The number of rotatable bonds is 4. The van der Waals surface area contributed by atoms with Crippen molar-refractivity contribution in [2.45, 2.75) is 6.54 Å². The normalized spacial score (nSPS) is 10.8. The van der Waals surface area contributed by atoms with Crippen LogP contribution in [0.15, 0.2) is 73.1 Å². The van der Waals surface area contributed by atoms with Crippen LogP contribution >= 0.6 is 0 Å². The Balaban J connectivity index is 1.59. The van der Waals surface area contributed by atoms with E-state index in [0.29, 0.717) is 12.5 Å². The van der Waals surface area contributed by atoms with E-state index in [2.05, 4.69) is 27.1 Å². The molecule has 0 amide bonds. The number of hydrogen-bond acceptors (Lipinski definition) is 5. The first-order valence-electron chi connectivity index (χ1n) is 8.10. The minimum absolute atomic E-state index is 0.635. The summed E-state index contributed by atoms with van der Waals surface area (Å²) >= 11 is 0. The molecule has 0 aliphatic carbocycles. The molecule has 1 aromatic carbocycles. The molecule has 0 aliphatic rings. The van der Waals surface area contributed by atoms with Crippen molar-refractivity contribution < 1.29 is 0 Å². The first-order valence-corrected chi connectivity index (χ1v) is 8.10. The van der Waals surface area contributed by atoms with Gasteiger partial charge in [0.15, 0.2) is 0 Å². The third-order valence-electron chi connectivity index (χ3n) is 3.97. The van der Waals surface area contributed by atoms with Gasteiger partial charge in [0, 0.05) is 24.8 Å². The lowest BCUT2D eigenvalue weighted by atomic mass is 10.2. The van der Waals surface area contributed by atoms with Crippen molar-refractivity contribution in [3.63, 3.8) is 0 Å². The van der Waals surface area contributed by atoms with Crippen molar-refractivity contribution in [2.24, 2.45) is 0 Å². The van der Waals surface area contributed by atoms with E-state index < -0.39 is 0 Å². The van der Waals surface area contributed by atoms with Gasteiger partial charge in [-0.1, -0.05) is 30.3 Å².